The number of nitrogens with zero attached hydrogens (tertiary/aromatic N) is 1. The van der Waals surface area contributed by atoms with E-state index in [9.17, 15) is 9.59 Å². The van der Waals surface area contributed by atoms with Crippen molar-refractivity contribution in [1.29, 1.82) is 0 Å². The van der Waals surface area contributed by atoms with Crippen molar-refractivity contribution in [2.45, 2.75) is 83.5 Å². The van der Waals surface area contributed by atoms with Crippen molar-refractivity contribution in [3.63, 3.8) is 0 Å². The van der Waals surface area contributed by atoms with Gasteiger partial charge in [-0.2, -0.15) is 0 Å². The standard InChI is InChI=1S/C31H42N2O6/c1-23-31(19-18-27(35)39-30(2,3)4,29(36)32-20-9-8-13-24-11-6-5-7-12-24)33-28(38-23)25-14-16-26(17-15-25)37-22-10-21-34/h5-7,11-12,14-17,23,34H,8-10,13,18-22H2,1-4H3,(H,32,36)/t23-,31-/m1/s1. The third-order valence-electron chi connectivity index (χ3n) is 6.48. The fourth-order valence-corrected chi connectivity index (χ4v) is 4.39. The SMILES string of the molecule is C[C@H]1OC(c2ccc(OCCCO)cc2)=N[C@@]1(CCC(=O)OC(C)(C)C)C(=O)NCCCCc1ccccc1. The Morgan fingerprint density at radius 1 is 1.05 bits per heavy atom. The number of ether oxygens (including phenoxy) is 3. The molecule has 212 valence electrons. The number of benzene rings is 2. The molecule has 0 unspecified atom stereocenters. The number of rotatable bonds is 14. The van der Waals surface area contributed by atoms with E-state index >= 15 is 0 Å². The van der Waals surface area contributed by atoms with Crippen molar-refractivity contribution in [3.8, 4) is 5.75 Å². The Hall–Kier alpha value is -3.39. The molecule has 0 aromatic heterocycles. The largest absolute Gasteiger partial charge is 0.494 e. The number of nitrogens with one attached hydrogen (secondary N) is 1. The zero-order valence-corrected chi connectivity index (χ0v) is 23.6. The molecule has 0 aliphatic carbocycles. The minimum atomic E-state index is -1.25. The summed E-state index contributed by atoms with van der Waals surface area (Å²) in [5.74, 6) is 0.395. The minimum absolute atomic E-state index is 0.0425. The minimum Gasteiger partial charge on any atom is -0.494 e. The van der Waals surface area contributed by atoms with E-state index in [1.165, 1.54) is 5.56 Å². The van der Waals surface area contributed by atoms with Crippen molar-refractivity contribution in [2.24, 2.45) is 4.99 Å². The van der Waals surface area contributed by atoms with Crippen molar-refractivity contribution in [3.05, 3.63) is 65.7 Å². The van der Waals surface area contributed by atoms with E-state index < -0.39 is 17.2 Å². The summed E-state index contributed by atoms with van der Waals surface area (Å²) in [6, 6.07) is 17.5. The van der Waals surface area contributed by atoms with Gasteiger partial charge in [0.15, 0.2) is 5.54 Å². The molecule has 2 atom stereocenters. The van der Waals surface area contributed by atoms with Crippen LogP contribution in [0.5, 0.6) is 5.75 Å². The summed E-state index contributed by atoms with van der Waals surface area (Å²) in [4.78, 5) is 30.9. The predicted molar refractivity (Wildman–Crippen MR) is 151 cm³/mol. The lowest BCUT2D eigenvalue weighted by Gasteiger charge is -2.28. The number of amides is 1. The Morgan fingerprint density at radius 2 is 1.77 bits per heavy atom. The van der Waals surface area contributed by atoms with Gasteiger partial charge in [0.05, 0.1) is 6.61 Å². The quantitative estimate of drug-likeness (QED) is 0.269. The number of aryl methyl sites for hydroxylation is 1. The molecule has 2 aromatic rings. The van der Waals surface area contributed by atoms with Crippen LogP contribution < -0.4 is 10.1 Å². The van der Waals surface area contributed by atoms with Crippen LogP contribution in [0.25, 0.3) is 0 Å². The monoisotopic (exact) mass is 538 g/mol. The molecule has 0 fully saturated rings. The van der Waals surface area contributed by atoms with Gasteiger partial charge in [0, 0.05) is 31.6 Å². The highest BCUT2D eigenvalue weighted by molar-refractivity contribution is 6.00. The first-order valence-corrected chi connectivity index (χ1v) is 13.8. The van der Waals surface area contributed by atoms with Crippen LogP contribution in [0.3, 0.4) is 0 Å². The van der Waals surface area contributed by atoms with Gasteiger partial charge in [-0.15, -0.1) is 0 Å². The molecular weight excluding hydrogens is 496 g/mol. The molecule has 8 heteroatoms. The Morgan fingerprint density at radius 3 is 2.44 bits per heavy atom. The van der Waals surface area contributed by atoms with Crippen molar-refractivity contribution in [2.75, 3.05) is 19.8 Å². The number of aliphatic hydroxyl groups excluding tert-OH is 1. The summed E-state index contributed by atoms with van der Waals surface area (Å²) in [5.41, 5.74) is 0.126. The maximum atomic E-state index is 13.6. The van der Waals surface area contributed by atoms with Crippen LogP contribution in [-0.4, -0.2) is 59.9 Å². The smallest absolute Gasteiger partial charge is 0.306 e. The Balaban J connectivity index is 1.70. The van der Waals surface area contributed by atoms with E-state index in [0.717, 1.165) is 19.3 Å². The van der Waals surface area contributed by atoms with Crippen LogP contribution in [-0.2, 0) is 25.5 Å². The second kappa shape index (κ2) is 14.1. The summed E-state index contributed by atoms with van der Waals surface area (Å²) < 4.78 is 17.2. The normalized spacial score (nSPS) is 18.7. The van der Waals surface area contributed by atoms with Gasteiger partial charge in [-0.05, 0) is 83.2 Å². The molecule has 0 saturated carbocycles. The van der Waals surface area contributed by atoms with Gasteiger partial charge in [0.25, 0.3) is 5.91 Å². The molecule has 8 nitrogen and oxygen atoms in total. The molecule has 0 radical (unpaired) electrons. The molecule has 39 heavy (non-hydrogen) atoms. The number of esters is 1. The fourth-order valence-electron chi connectivity index (χ4n) is 4.39. The second-order valence-electron chi connectivity index (χ2n) is 10.8. The van der Waals surface area contributed by atoms with Crippen molar-refractivity contribution < 1.29 is 28.9 Å². The molecule has 1 aliphatic rings. The highest BCUT2D eigenvalue weighted by Crippen LogP contribution is 2.34. The lowest BCUT2D eigenvalue weighted by molar-refractivity contribution is -0.155. The van der Waals surface area contributed by atoms with E-state index in [0.29, 0.717) is 36.8 Å². The third-order valence-corrected chi connectivity index (χ3v) is 6.48. The molecule has 1 amide bonds. The van der Waals surface area contributed by atoms with Gasteiger partial charge in [-0.3, -0.25) is 9.59 Å². The molecule has 3 rings (SSSR count). The Bertz CT molecular complexity index is 1090. The van der Waals surface area contributed by atoms with Crippen LogP contribution in [0.2, 0.25) is 0 Å². The van der Waals surface area contributed by atoms with Gasteiger partial charge >= 0.3 is 5.97 Å². The first-order valence-electron chi connectivity index (χ1n) is 13.8. The number of hydrogen-bond acceptors (Lipinski definition) is 7. The fraction of sp³-hybridized carbons (Fsp3) is 0.516. The van der Waals surface area contributed by atoms with Gasteiger partial charge < -0.3 is 24.6 Å². The van der Waals surface area contributed by atoms with E-state index in [1.54, 1.807) is 12.1 Å². The Labute approximate surface area is 231 Å². The summed E-state index contributed by atoms with van der Waals surface area (Å²) >= 11 is 0. The second-order valence-corrected chi connectivity index (χ2v) is 10.8. The third kappa shape index (κ3) is 9.10. The highest BCUT2D eigenvalue weighted by atomic mass is 16.6. The van der Waals surface area contributed by atoms with Gasteiger partial charge in [-0.1, -0.05) is 30.3 Å². The van der Waals surface area contributed by atoms with E-state index in [2.05, 4.69) is 17.4 Å². The highest BCUT2D eigenvalue weighted by Gasteiger charge is 2.50. The van der Waals surface area contributed by atoms with Crippen LogP contribution in [0.1, 0.15) is 70.9 Å². The van der Waals surface area contributed by atoms with Crippen molar-refractivity contribution >= 4 is 17.8 Å². The number of aliphatic imine (C=N–C) groups is 1. The molecule has 2 N–H and O–H groups in total. The van der Waals surface area contributed by atoms with Crippen LogP contribution in [0.4, 0.5) is 0 Å². The summed E-state index contributed by atoms with van der Waals surface area (Å²) in [5, 5.41) is 12.0. The molecule has 0 bridgehead atoms. The van der Waals surface area contributed by atoms with Gasteiger partial charge in [0.2, 0.25) is 5.90 Å². The van der Waals surface area contributed by atoms with E-state index in [4.69, 9.17) is 24.3 Å². The first-order chi connectivity index (χ1) is 18.6. The topological polar surface area (TPSA) is 106 Å². The first kappa shape index (κ1) is 30.2. The lowest BCUT2D eigenvalue weighted by Crippen LogP contribution is -2.51. The van der Waals surface area contributed by atoms with Crippen LogP contribution in [0.15, 0.2) is 59.6 Å². The number of carbonyl (C=O) groups is 2. The predicted octanol–water partition coefficient (Wildman–Crippen LogP) is 4.61. The zero-order chi connectivity index (χ0) is 28.3. The van der Waals surface area contributed by atoms with Crippen molar-refractivity contribution in [1.82, 2.24) is 5.32 Å². The maximum Gasteiger partial charge on any atom is 0.306 e. The summed E-state index contributed by atoms with van der Waals surface area (Å²) in [7, 11) is 0. The van der Waals surface area contributed by atoms with Crippen LogP contribution in [0, 0.1) is 0 Å². The number of hydrogen-bond donors (Lipinski definition) is 2. The van der Waals surface area contributed by atoms with E-state index in [-0.39, 0.29) is 31.3 Å². The average Bonchev–Trinajstić information content (AvgIpc) is 3.24. The average molecular weight is 539 g/mol. The molecule has 0 saturated heterocycles. The number of aliphatic hydroxyl groups is 1. The number of unbranched alkanes of at least 4 members (excludes halogenated alkanes) is 1. The van der Waals surface area contributed by atoms with Gasteiger partial charge in [0.1, 0.15) is 17.5 Å². The summed E-state index contributed by atoms with van der Waals surface area (Å²) in [6.07, 6.45) is 2.92. The molecular formula is C31H42N2O6. The van der Waals surface area contributed by atoms with E-state index in [1.807, 2.05) is 58.0 Å². The maximum absolute atomic E-state index is 13.6. The number of carbonyl (C=O) groups excluding carboxylic acids is 2. The molecule has 2 aromatic carbocycles. The van der Waals surface area contributed by atoms with Gasteiger partial charge in [-0.25, -0.2) is 4.99 Å². The molecule has 1 heterocycles. The Kier molecular flexibility index (Phi) is 10.9. The lowest BCUT2D eigenvalue weighted by atomic mass is 9.87. The summed E-state index contributed by atoms with van der Waals surface area (Å²) in [6.45, 7) is 8.27. The molecule has 0 spiro atoms. The zero-order valence-electron chi connectivity index (χ0n) is 23.6. The van der Waals surface area contributed by atoms with Crippen LogP contribution >= 0.6 is 0 Å². The molecule has 1 aliphatic heterocycles.